The molecule has 0 spiro atoms. The normalized spacial score (nSPS) is 11.0. The number of urea groups is 4. The van der Waals surface area contributed by atoms with Crippen molar-refractivity contribution in [3.63, 3.8) is 0 Å². The van der Waals surface area contributed by atoms with Gasteiger partial charge in [-0.1, -0.05) is 7.43 Å². The standard InChI is InChI=1S/C14H15N3O2.C13H16ClN3O4.C13H15N3O4.C13H17N3O2.C11H15N3O3.C11H12N2O3.C2H2Cl2O.CH4.H2N.6W/c1-6-7(2)9(4)12-11(8(6)3)15-5-10-13(18)16-14(19)17(10)12;1-6-7(2)9(4)12(17(20)21)11(8(6)3)16-13(19)15-10(18)5-14;1-6-7(2)9(4)12(16(19)20)11(8(6)3)15-5-10(17)14-13(15)18;1-6-7(2)9(4)12(11(14)8(6)3)16-5-10(17)15-13(16)18;1-5-6(2)8(4)10(14(16)17)9(7(5)3)13-11(12)15;1-6-7(2)9(4)11(13(15)16)10(8(6)3)12-5-14;3-1-2(4)5;;;;;;;;/h5H,1-4H3,(H2,15,16,18,19);5H2,1-4H3,(H2,15,16,18,19);5H2,1-4H3,(H,14,17,18);5,14H2,1-4H3,(H,15,17,18);1-4H3,(H3,12,13,15);1-4H3;1H2;1H4;1H2;;;;;;/q;;;;;;;;-1;;;;;;/p-5. The van der Waals surface area contributed by atoms with Gasteiger partial charge in [0.2, 0.25) is 11.3 Å². The molecule has 46 heteroatoms. The van der Waals surface area contributed by atoms with Crippen LogP contribution in [0.15, 0.2) is 20.8 Å². The van der Waals surface area contributed by atoms with Crippen molar-refractivity contribution < 1.29 is 189 Å². The number of nitrogens with one attached hydrogen (secondary N) is 4. The van der Waals surface area contributed by atoms with Crippen LogP contribution in [0.2, 0.25) is 0 Å². The van der Waals surface area contributed by atoms with Crippen LogP contribution >= 0.6 is 34.8 Å². The van der Waals surface area contributed by atoms with E-state index in [1.807, 2.05) is 76.2 Å². The number of nitrogen functional groups attached to an aromatic ring is 1. The molecule has 4 aliphatic heterocycles. The van der Waals surface area contributed by atoms with Gasteiger partial charge in [0, 0.05) is 202 Å². The molecule has 6 aromatic rings. The number of nitrogens with zero attached hydrogens (tertiary/aromatic N) is 12. The topological polar surface area (TPSA) is 564 Å². The predicted molar refractivity (Wildman–Crippen MR) is 457 cm³/mol. The number of H-pyrrole nitrogens is 1. The summed E-state index contributed by atoms with van der Waals surface area (Å²) in [6.45, 7) is 43.4. The molecular formula is C78H93Cl3N18O19W6-6. The van der Waals surface area contributed by atoms with Gasteiger partial charge in [-0.3, -0.25) is 88.4 Å². The summed E-state index contributed by atoms with van der Waals surface area (Å²) in [7, 11) is 0. The predicted octanol–water partition coefficient (Wildman–Crippen LogP) is 18.4. The molecule has 0 unspecified atom stereocenters. The van der Waals surface area contributed by atoms with Gasteiger partial charge in [-0.05, 0) is 300 Å². The number of carbonyl (C=O) groups is 8. The molecule has 0 saturated carbocycles. The fourth-order valence-electron chi connectivity index (χ4n) is 12.7. The SMILES string of the molecule is C.Cc1c(C)c(C)c(N2CC(=O)[N-]C2=O)c(N)c1C.Cc1c(C)c(C)c([N+](=O)[O-])c(N2CC(=O)[N-]C2=O)c1C.Cc1c(C)c(C)c([N+](=O)[O-])c(N=C=O)c1C.Cc1c(C)c(C)c([N+](=O)[O-])c(NC(=O)[N-]C(=O)CCl)c1C.Cc1c(C)c(C)c([N+](=O)[O-])c(NC([NH-])=O)c1C.Cc1c(C)c(C)c2c([nH]cc3c(=O)[n-]c(=O)n2-3)c1C.O=C(Cl)CCl.[NH2-].[W].[W].[W].[W].[W].[W]. The van der Waals surface area contributed by atoms with Crippen LogP contribution in [-0.2, 0) is 150 Å². The van der Waals surface area contributed by atoms with Crippen molar-refractivity contribution in [3.8, 4) is 5.69 Å². The molecule has 6 aromatic carbocycles. The second-order valence-corrected chi connectivity index (χ2v) is 28.0. The van der Waals surface area contributed by atoms with E-state index in [9.17, 15) is 93.2 Å². The second-order valence-electron chi connectivity index (χ2n) is 27.0. The molecule has 2 fully saturated rings. The molecule has 0 aliphatic carbocycles. The summed E-state index contributed by atoms with van der Waals surface area (Å²) < 4.78 is 1.41. The van der Waals surface area contributed by atoms with E-state index < -0.39 is 83.9 Å². The van der Waals surface area contributed by atoms with Crippen LogP contribution in [0.3, 0.4) is 0 Å². The van der Waals surface area contributed by atoms with Crippen molar-refractivity contribution in [2.24, 2.45) is 4.99 Å². The Morgan fingerprint density at radius 1 is 0.500 bits per heavy atom. The minimum absolute atomic E-state index is 0. The number of halogens is 3. The van der Waals surface area contributed by atoms with E-state index in [0.717, 1.165) is 99.4 Å². The number of nitrogens with two attached hydrogens (primary N) is 2. The third-order valence-electron chi connectivity index (χ3n) is 21.2. The molecule has 0 bridgehead atoms. The Balaban J connectivity index is -0.000000447. The van der Waals surface area contributed by atoms with E-state index in [2.05, 4.69) is 48.5 Å². The van der Waals surface area contributed by atoms with Gasteiger partial charge in [0.25, 0.3) is 22.7 Å². The third-order valence-corrected chi connectivity index (χ3v) is 21.9. The fraction of sp³-hybridized carbons (Fsp3) is 0.372. The Morgan fingerprint density at radius 3 is 1.19 bits per heavy atom. The summed E-state index contributed by atoms with van der Waals surface area (Å²) in [6, 6.07) is -3.31. The number of aliphatic imine (C=N–C) groups is 1. The fourth-order valence-corrected chi connectivity index (χ4v) is 12.8. The maximum Gasteiger partial charge on any atom is 0.299 e. The van der Waals surface area contributed by atoms with Gasteiger partial charge < -0.3 is 68.5 Å². The van der Waals surface area contributed by atoms with E-state index in [4.69, 9.17) is 46.3 Å². The van der Waals surface area contributed by atoms with Gasteiger partial charge >= 0.3 is 0 Å². The van der Waals surface area contributed by atoms with Crippen molar-refractivity contribution in [1.29, 1.82) is 0 Å². The van der Waals surface area contributed by atoms with Crippen molar-refractivity contribution >= 4 is 156 Å². The number of anilines is 5. The molecule has 10 rings (SSSR count). The van der Waals surface area contributed by atoms with Crippen LogP contribution in [0, 0.1) is 207 Å². The summed E-state index contributed by atoms with van der Waals surface area (Å²) in [5, 5.41) is 58.5. The zero-order chi connectivity index (χ0) is 89.1. The van der Waals surface area contributed by atoms with E-state index in [1.54, 1.807) is 89.3 Å². The van der Waals surface area contributed by atoms with Crippen LogP contribution in [0.1, 0.15) is 141 Å². The monoisotopic (exact) mass is 2790 g/mol. The van der Waals surface area contributed by atoms with Crippen LogP contribution in [-0.4, -0.2) is 107 Å². The Hall–Kier alpha value is -8.70. The van der Waals surface area contributed by atoms with E-state index in [0.29, 0.717) is 61.6 Å². The number of imidazole rings is 1. The number of hydrogen-bond donors (Lipinski definition) is 4. The number of aromatic nitrogens is 3. The van der Waals surface area contributed by atoms with Gasteiger partial charge in [-0.25, -0.2) is 4.79 Å². The second kappa shape index (κ2) is 52.4. The first-order valence-corrected chi connectivity index (χ1v) is 36.2. The average molecular weight is 2800 g/mol. The maximum absolute atomic E-state index is 11.9. The number of amides is 11. The number of carbonyl (C=O) groups excluding carboxylic acids is 9. The maximum atomic E-state index is 11.9. The molecule has 11 amide bonds. The number of nitro benzene ring substituents is 4. The first-order valence-electron chi connectivity index (χ1n) is 34.8. The zero-order valence-electron chi connectivity index (χ0n) is 71.3. The first-order chi connectivity index (χ1) is 53.7. The molecule has 0 aromatic heterocycles. The zero-order valence-corrected chi connectivity index (χ0v) is 91.1. The Morgan fingerprint density at radius 2 is 0.831 bits per heavy atom. The minimum Gasteiger partial charge on any atom is -0.693 e. The summed E-state index contributed by atoms with van der Waals surface area (Å²) in [6.07, 6.45) is 2.92. The summed E-state index contributed by atoms with van der Waals surface area (Å²) in [4.78, 5) is 178. The van der Waals surface area contributed by atoms with Gasteiger partial charge in [0.05, 0.1) is 31.5 Å². The van der Waals surface area contributed by atoms with Crippen molar-refractivity contribution in [2.45, 2.75) is 174 Å². The van der Waals surface area contributed by atoms with Crippen molar-refractivity contribution in [1.82, 2.24) is 14.5 Å². The Kier molecular flexibility index (Phi) is 52.3. The number of isocyanates is 1. The van der Waals surface area contributed by atoms with Gasteiger partial charge in [0.15, 0.2) is 47.0 Å². The van der Waals surface area contributed by atoms with Crippen LogP contribution in [0.25, 0.3) is 44.6 Å². The van der Waals surface area contributed by atoms with Crippen molar-refractivity contribution in [3.05, 3.63) is 229 Å². The molecule has 4 aliphatic rings. The number of hydrogen-bond acceptors (Lipinski definition) is 21. The van der Waals surface area contributed by atoms with E-state index in [1.165, 1.54) is 21.1 Å². The molecule has 0 radical (unpaired) electrons. The number of aromatic amines is 1. The molecule has 124 heavy (non-hydrogen) atoms. The number of aryl methyl sites for hydroxylation is 2. The van der Waals surface area contributed by atoms with Gasteiger partial charge in [0.1, 0.15) is 11.8 Å². The van der Waals surface area contributed by atoms with E-state index >= 15 is 0 Å². The molecule has 672 valence electrons. The molecule has 0 atom stereocenters. The molecule has 4 heterocycles. The smallest absolute Gasteiger partial charge is 0.299 e. The summed E-state index contributed by atoms with van der Waals surface area (Å²) in [5.74, 6) is -2.34. The van der Waals surface area contributed by atoms with Gasteiger partial charge in [-0.2, -0.15) is 4.99 Å². The minimum atomic E-state index is -1.06. The number of nitro groups is 4. The third kappa shape index (κ3) is 27.7. The molecule has 8 N–H and O–H groups in total. The number of rotatable bonds is 11. The van der Waals surface area contributed by atoms with Crippen molar-refractivity contribution in [2.75, 3.05) is 51.0 Å². The van der Waals surface area contributed by atoms with Crippen LogP contribution in [0.4, 0.5) is 76.1 Å². The quantitative estimate of drug-likeness (QED) is 0.0137. The summed E-state index contributed by atoms with van der Waals surface area (Å²) in [5.41, 5.74) is 34.7. The van der Waals surface area contributed by atoms with Gasteiger partial charge in [-0.15, -0.1) is 23.2 Å². The number of alkyl halides is 2. The average Bonchev–Trinajstić information content (AvgIpc) is 1.56. The molecular weight excluding hydrogens is 2700 g/mol. The van der Waals surface area contributed by atoms with Crippen LogP contribution in [0.5, 0.6) is 0 Å². The molecule has 2 saturated heterocycles. The Bertz CT molecular complexity index is 5600. The largest absolute Gasteiger partial charge is 0.693 e. The number of imide groups is 3. The number of fused-ring (bicyclic) bond motifs is 3. The van der Waals surface area contributed by atoms with Crippen LogP contribution < -0.4 is 42.4 Å². The number of benzene rings is 6. The Labute approximate surface area is 816 Å². The summed E-state index contributed by atoms with van der Waals surface area (Å²) >= 11 is 14.8. The van der Waals surface area contributed by atoms with E-state index in [-0.39, 0.29) is 204 Å². The first kappa shape index (κ1) is 124. The molecule has 37 nitrogen and oxygen atoms in total.